The van der Waals surface area contributed by atoms with Gasteiger partial charge in [0.05, 0.1) is 19.6 Å². The molecule has 2 aromatic carbocycles. The summed E-state index contributed by atoms with van der Waals surface area (Å²) in [5.41, 5.74) is -0.203. The third kappa shape index (κ3) is 9.71. The van der Waals surface area contributed by atoms with Gasteiger partial charge in [0.1, 0.15) is 24.5 Å². The fourth-order valence-electron chi connectivity index (χ4n) is 5.12. The summed E-state index contributed by atoms with van der Waals surface area (Å²) in [6, 6.07) is 8.60. The highest BCUT2D eigenvalue weighted by molar-refractivity contribution is 6.38. The molecule has 2 aromatic rings. The van der Waals surface area contributed by atoms with Gasteiger partial charge in [-0.25, -0.2) is 14.4 Å². The highest BCUT2D eigenvalue weighted by Crippen LogP contribution is 2.38. The summed E-state index contributed by atoms with van der Waals surface area (Å²) in [5.74, 6) is -3.73. The lowest BCUT2D eigenvalue weighted by Crippen LogP contribution is -2.53. The number of piperidine rings is 1. The van der Waals surface area contributed by atoms with Crippen molar-refractivity contribution in [1.29, 1.82) is 0 Å². The molecule has 2 N–H and O–H groups in total. The van der Waals surface area contributed by atoms with Gasteiger partial charge in [-0.05, 0) is 81.3 Å². The number of rotatable bonds is 16. The molecule has 13 nitrogen and oxygen atoms in total. The number of aliphatic carboxylic acids is 1. The minimum atomic E-state index is -1.36. The quantitative estimate of drug-likeness (QED) is 0.152. The number of phenolic OH excluding ortho intramolecular Hbond substituents is 1. The van der Waals surface area contributed by atoms with Crippen LogP contribution in [0.25, 0.3) is 0 Å². The summed E-state index contributed by atoms with van der Waals surface area (Å²) in [6.07, 6.45) is 2.03. The molecule has 1 heterocycles. The number of hydrogen-bond donors (Lipinski definition) is 2. The van der Waals surface area contributed by atoms with Crippen molar-refractivity contribution in [2.24, 2.45) is 5.41 Å². The maximum absolute atomic E-state index is 13.8. The molecule has 0 bridgehead atoms. The van der Waals surface area contributed by atoms with E-state index in [2.05, 4.69) is 6.58 Å². The number of aryl methyl sites for hydroxylation is 1. The highest BCUT2D eigenvalue weighted by atomic mass is 16.5. The first-order valence-electron chi connectivity index (χ1n) is 15.0. The molecular weight excluding hydrogens is 614 g/mol. The number of carbonyl (C=O) groups excluding carboxylic acids is 4. The van der Waals surface area contributed by atoms with Crippen LogP contribution in [0.15, 0.2) is 49.1 Å². The number of hydrogen-bond acceptors (Lipinski definition) is 11. The average Bonchev–Trinajstić information content (AvgIpc) is 3.07. The molecule has 13 heteroatoms. The van der Waals surface area contributed by atoms with Crippen LogP contribution in [0.1, 0.15) is 56.8 Å². The minimum Gasteiger partial charge on any atom is -0.504 e. The van der Waals surface area contributed by atoms with Crippen molar-refractivity contribution in [1.82, 2.24) is 4.90 Å². The van der Waals surface area contributed by atoms with E-state index in [1.807, 2.05) is 0 Å². The van der Waals surface area contributed by atoms with Gasteiger partial charge in [-0.2, -0.15) is 0 Å². The Kier molecular flexibility index (Phi) is 12.8. The summed E-state index contributed by atoms with van der Waals surface area (Å²) < 4.78 is 26.9. The standard InChI is InChI=1S/C34H41NO12/c1-6-29(39)46-20-34(2,3)31(40)32(41)35-15-8-7-12-24(35)33(42)47-26(22-10-9-11-23(18-22)45-19-28(37)38)14-13-21-16-25(36)30(44-5)27(17-21)43-4/h6,9-11,16-18,24,26,36H,1,7-8,12-15,19-20H2,2-5H3,(H,37,38)/t24-,26+/m0/s1. The molecule has 2 atom stereocenters. The van der Waals surface area contributed by atoms with Crippen LogP contribution in [-0.4, -0.2) is 84.7 Å². The van der Waals surface area contributed by atoms with Crippen molar-refractivity contribution in [2.75, 3.05) is 34.0 Å². The minimum absolute atomic E-state index is 0.136. The Hall–Kier alpha value is -5.07. The molecule has 3 rings (SSSR count). The van der Waals surface area contributed by atoms with E-state index in [-0.39, 0.29) is 43.2 Å². The molecule has 254 valence electrons. The van der Waals surface area contributed by atoms with Gasteiger partial charge in [-0.1, -0.05) is 18.7 Å². The lowest BCUT2D eigenvalue weighted by atomic mass is 9.87. The van der Waals surface area contributed by atoms with E-state index in [0.717, 1.165) is 6.08 Å². The number of methoxy groups -OCH3 is 2. The number of ketones is 1. The number of amides is 1. The number of aromatic hydroxyl groups is 1. The molecular formula is C34H41NO12. The van der Waals surface area contributed by atoms with E-state index in [9.17, 15) is 29.1 Å². The Morgan fingerprint density at radius 3 is 2.49 bits per heavy atom. The number of nitrogens with zero attached hydrogens (tertiary/aromatic N) is 1. The van der Waals surface area contributed by atoms with E-state index in [4.69, 9.17) is 28.8 Å². The first kappa shape index (κ1) is 36.4. The maximum atomic E-state index is 13.8. The molecule has 47 heavy (non-hydrogen) atoms. The van der Waals surface area contributed by atoms with Gasteiger partial charge in [0.2, 0.25) is 11.5 Å². The van der Waals surface area contributed by atoms with Crippen molar-refractivity contribution < 1.29 is 57.9 Å². The van der Waals surface area contributed by atoms with Crippen LogP contribution < -0.4 is 14.2 Å². The largest absolute Gasteiger partial charge is 0.504 e. The maximum Gasteiger partial charge on any atom is 0.341 e. The first-order chi connectivity index (χ1) is 22.3. The second kappa shape index (κ2) is 16.5. The molecule has 0 aliphatic carbocycles. The zero-order chi connectivity index (χ0) is 34.7. The molecule has 1 fully saturated rings. The number of Topliss-reactive ketones (excluding diaryl/α,β-unsaturated/α-hetero) is 1. The fraction of sp³-hybridized carbons (Fsp3) is 0.441. The van der Waals surface area contributed by atoms with E-state index in [1.165, 1.54) is 39.0 Å². The number of carboxylic acid groups (broad SMARTS) is 1. The lowest BCUT2D eigenvalue weighted by molar-refractivity contribution is -0.165. The van der Waals surface area contributed by atoms with Gasteiger partial charge in [0.25, 0.3) is 5.91 Å². The monoisotopic (exact) mass is 655 g/mol. The van der Waals surface area contributed by atoms with Crippen LogP contribution >= 0.6 is 0 Å². The Balaban J connectivity index is 1.87. The van der Waals surface area contributed by atoms with Crippen LogP contribution in [0, 0.1) is 5.41 Å². The van der Waals surface area contributed by atoms with Crippen LogP contribution in [0.3, 0.4) is 0 Å². The number of ether oxygens (including phenoxy) is 5. The van der Waals surface area contributed by atoms with E-state index < -0.39 is 53.8 Å². The third-order valence-corrected chi connectivity index (χ3v) is 7.65. The molecule has 1 amide bonds. The highest BCUT2D eigenvalue weighted by Gasteiger charge is 2.42. The number of carbonyl (C=O) groups is 5. The van der Waals surface area contributed by atoms with Gasteiger partial charge in [0, 0.05) is 12.6 Å². The number of esters is 2. The second-order valence-corrected chi connectivity index (χ2v) is 11.6. The number of phenols is 1. The molecule has 0 saturated carbocycles. The van der Waals surface area contributed by atoms with Crippen LogP contribution in [-0.2, 0) is 39.9 Å². The van der Waals surface area contributed by atoms with E-state index >= 15 is 0 Å². The predicted octanol–water partition coefficient (Wildman–Crippen LogP) is 3.80. The van der Waals surface area contributed by atoms with Gasteiger partial charge >= 0.3 is 17.9 Å². The van der Waals surface area contributed by atoms with Crippen molar-refractivity contribution >= 4 is 29.6 Å². The molecule has 0 unspecified atom stereocenters. The average molecular weight is 656 g/mol. The third-order valence-electron chi connectivity index (χ3n) is 7.65. The Morgan fingerprint density at radius 1 is 1.09 bits per heavy atom. The first-order valence-corrected chi connectivity index (χ1v) is 15.0. The summed E-state index contributed by atoms with van der Waals surface area (Å²) in [6.45, 7) is 5.50. The molecule has 0 aromatic heterocycles. The van der Waals surface area contributed by atoms with Gasteiger partial charge in [0.15, 0.2) is 18.1 Å². The molecule has 1 aliphatic heterocycles. The number of likely N-dealkylation sites (tertiary alicyclic amines) is 1. The summed E-state index contributed by atoms with van der Waals surface area (Å²) in [5, 5.41) is 19.5. The summed E-state index contributed by atoms with van der Waals surface area (Å²) in [4.78, 5) is 64.3. The Bertz CT molecular complexity index is 1480. The van der Waals surface area contributed by atoms with Gasteiger partial charge in [-0.3, -0.25) is 9.59 Å². The molecule has 0 spiro atoms. The Morgan fingerprint density at radius 2 is 1.83 bits per heavy atom. The molecule has 0 radical (unpaired) electrons. The number of benzene rings is 2. The normalized spacial score (nSPS) is 15.1. The van der Waals surface area contributed by atoms with Crippen LogP contribution in [0.4, 0.5) is 0 Å². The lowest BCUT2D eigenvalue weighted by Gasteiger charge is -2.36. The molecule has 1 saturated heterocycles. The van der Waals surface area contributed by atoms with E-state index in [0.29, 0.717) is 36.1 Å². The van der Waals surface area contributed by atoms with Gasteiger partial charge < -0.3 is 38.8 Å². The second-order valence-electron chi connectivity index (χ2n) is 11.6. The Labute approximate surface area is 273 Å². The topological polar surface area (TPSA) is 175 Å². The van der Waals surface area contributed by atoms with Crippen molar-refractivity contribution in [2.45, 2.75) is 58.1 Å². The summed E-state index contributed by atoms with van der Waals surface area (Å²) >= 11 is 0. The van der Waals surface area contributed by atoms with Crippen molar-refractivity contribution in [3.63, 3.8) is 0 Å². The zero-order valence-electron chi connectivity index (χ0n) is 27.0. The smallest absolute Gasteiger partial charge is 0.341 e. The van der Waals surface area contributed by atoms with Crippen LogP contribution in [0.5, 0.6) is 23.0 Å². The number of carboxylic acids is 1. The summed E-state index contributed by atoms with van der Waals surface area (Å²) in [7, 11) is 2.84. The van der Waals surface area contributed by atoms with Crippen molar-refractivity contribution in [3.05, 3.63) is 60.2 Å². The zero-order valence-corrected chi connectivity index (χ0v) is 27.0. The predicted molar refractivity (Wildman–Crippen MR) is 167 cm³/mol. The fourth-order valence-corrected chi connectivity index (χ4v) is 5.12. The molecule has 1 aliphatic rings. The van der Waals surface area contributed by atoms with Crippen LogP contribution in [0.2, 0.25) is 0 Å². The van der Waals surface area contributed by atoms with E-state index in [1.54, 1.807) is 30.3 Å². The van der Waals surface area contributed by atoms with Gasteiger partial charge in [-0.15, -0.1) is 0 Å². The SMILES string of the molecule is C=CC(=O)OCC(C)(C)C(=O)C(=O)N1CCCC[C@H]1C(=O)O[C@H](CCc1cc(O)c(OC)c(OC)c1)c1cccc(OCC(=O)O)c1. The van der Waals surface area contributed by atoms with Crippen molar-refractivity contribution in [3.8, 4) is 23.0 Å².